The van der Waals surface area contributed by atoms with Crippen molar-refractivity contribution in [3.8, 4) is 17.2 Å². The van der Waals surface area contributed by atoms with Crippen LogP contribution in [0, 0.1) is 5.82 Å². The number of hydrogen-bond donors (Lipinski definition) is 1. The molecular formula is C18H19FN2O4. The molecule has 7 heteroatoms. The Labute approximate surface area is 145 Å². The van der Waals surface area contributed by atoms with Gasteiger partial charge in [-0.1, -0.05) is 12.1 Å². The monoisotopic (exact) mass is 346 g/mol. The summed E-state index contributed by atoms with van der Waals surface area (Å²) >= 11 is 0. The van der Waals surface area contributed by atoms with E-state index in [0.717, 1.165) is 0 Å². The summed E-state index contributed by atoms with van der Waals surface area (Å²) in [6, 6.07) is 8.88. The maximum Gasteiger partial charge on any atom is 0.271 e. The molecule has 0 saturated heterocycles. The minimum atomic E-state index is -0.444. The van der Waals surface area contributed by atoms with E-state index in [1.165, 1.54) is 45.6 Å². The van der Waals surface area contributed by atoms with Crippen molar-refractivity contribution < 1.29 is 23.4 Å². The quantitative estimate of drug-likeness (QED) is 0.645. The number of rotatable bonds is 6. The van der Waals surface area contributed by atoms with Gasteiger partial charge in [0.1, 0.15) is 5.82 Å². The lowest BCUT2D eigenvalue weighted by molar-refractivity contribution is 0.0954. The maximum atomic E-state index is 12.9. The van der Waals surface area contributed by atoms with Crippen LogP contribution in [0.3, 0.4) is 0 Å². The highest BCUT2D eigenvalue weighted by Gasteiger charge is 2.16. The van der Waals surface area contributed by atoms with Gasteiger partial charge in [-0.15, -0.1) is 0 Å². The summed E-state index contributed by atoms with van der Waals surface area (Å²) < 4.78 is 28.6. The van der Waals surface area contributed by atoms with Crippen molar-refractivity contribution in [1.29, 1.82) is 0 Å². The molecule has 0 aliphatic carbocycles. The molecule has 0 aliphatic heterocycles. The second kappa shape index (κ2) is 8.14. The number of carbonyl (C=O) groups excluding carboxylic acids is 1. The molecule has 0 spiro atoms. The molecule has 1 N–H and O–H groups in total. The number of halogens is 1. The van der Waals surface area contributed by atoms with Gasteiger partial charge in [-0.05, 0) is 36.8 Å². The Hall–Kier alpha value is -3.09. The zero-order valence-electron chi connectivity index (χ0n) is 14.4. The van der Waals surface area contributed by atoms with Crippen LogP contribution in [0.2, 0.25) is 0 Å². The third-order valence-electron chi connectivity index (χ3n) is 3.51. The first-order valence-electron chi connectivity index (χ1n) is 7.40. The Morgan fingerprint density at radius 1 is 0.960 bits per heavy atom. The van der Waals surface area contributed by atoms with Gasteiger partial charge in [0.2, 0.25) is 5.75 Å². The number of nitrogens with zero attached hydrogens (tertiary/aromatic N) is 1. The van der Waals surface area contributed by atoms with Gasteiger partial charge in [0, 0.05) is 5.56 Å². The highest BCUT2D eigenvalue weighted by molar-refractivity contribution is 6.01. The first kappa shape index (κ1) is 18.3. The molecule has 0 atom stereocenters. The van der Waals surface area contributed by atoms with E-state index in [1.54, 1.807) is 19.1 Å². The van der Waals surface area contributed by atoms with Gasteiger partial charge in [0.25, 0.3) is 5.91 Å². The van der Waals surface area contributed by atoms with Crippen molar-refractivity contribution in [1.82, 2.24) is 5.43 Å². The molecule has 0 aromatic heterocycles. The summed E-state index contributed by atoms with van der Waals surface area (Å²) in [5.74, 6) is 0.351. The van der Waals surface area contributed by atoms with E-state index in [-0.39, 0.29) is 5.82 Å². The summed E-state index contributed by atoms with van der Waals surface area (Å²) in [6.45, 7) is 1.71. The van der Waals surface area contributed by atoms with Crippen molar-refractivity contribution in [2.45, 2.75) is 6.92 Å². The van der Waals surface area contributed by atoms with E-state index in [9.17, 15) is 9.18 Å². The molecule has 0 unspecified atom stereocenters. The van der Waals surface area contributed by atoms with Crippen molar-refractivity contribution in [2.24, 2.45) is 5.10 Å². The van der Waals surface area contributed by atoms with Crippen LogP contribution in [-0.2, 0) is 0 Å². The largest absolute Gasteiger partial charge is 0.493 e. The molecule has 2 aromatic carbocycles. The molecule has 2 aromatic rings. The summed E-state index contributed by atoms with van der Waals surface area (Å²) in [6.07, 6.45) is 0. The first-order chi connectivity index (χ1) is 12.0. The number of amides is 1. The molecule has 2 rings (SSSR count). The van der Waals surface area contributed by atoms with Crippen LogP contribution in [0.1, 0.15) is 22.8 Å². The molecular weight excluding hydrogens is 327 g/mol. The van der Waals surface area contributed by atoms with Crippen molar-refractivity contribution in [2.75, 3.05) is 21.3 Å². The van der Waals surface area contributed by atoms with E-state index in [4.69, 9.17) is 14.2 Å². The maximum absolute atomic E-state index is 12.9. The highest BCUT2D eigenvalue weighted by atomic mass is 19.1. The van der Waals surface area contributed by atoms with Crippen LogP contribution in [0.5, 0.6) is 17.2 Å². The van der Waals surface area contributed by atoms with Crippen LogP contribution in [0.25, 0.3) is 0 Å². The minimum absolute atomic E-state index is 0.296. The average molecular weight is 346 g/mol. The molecule has 0 saturated carbocycles. The molecule has 1 amide bonds. The standard InChI is InChI=1S/C18H19FN2O4/c1-11(12-5-7-14(19)8-6-12)20-21-18(22)13-9-15(23-2)17(25-4)16(10-13)24-3/h5-10H,1-4H3,(H,21,22). The Bertz CT molecular complexity index is 763. The van der Waals surface area contributed by atoms with Crippen molar-refractivity contribution >= 4 is 11.6 Å². The molecule has 0 aliphatic rings. The normalized spacial score (nSPS) is 11.0. The first-order valence-corrected chi connectivity index (χ1v) is 7.40. The number of carbonyl (C=O) groups is 1. The minimum Gasteiger partial charge on any atom is -0.493 e. The van der Waals surface area contributed by atoms with Gasteiger partial charge in [-0.25, -0.2) is 9.82 Å². The molecule has 6 nitrogen and oxygen atoms in total. The molecule has 0 bridgehead atoms. The van der Waals surface area contributed by atoms with Crippen molar-refractivity contribution in [3.05, 3.63) is 53.3 Å². The topological polar surface area (TPSA) is 69.2 Å². The predicted octanol–water partition coefficient (Wildman–Crippen LogP) is 3.01. The van der Waals surface area contributed by atoms with E-state index in [1.807, 2.05) is 0 Å². The van der Waals surface area contributed by atoms with Crippen LogP contribution in [0.15, 0.2) is 41.5 Å². The van der Waals surface area contributed by atoms with Crippen LogP contribution >= 0.6 is 0 Å². The van der Waals surface area contributed by atoms with E-state index in [2.05, 4.69) is 10.5 Å². The highest BCUT2D eigenvalue weighted by Crippen LogP contribution is 2.38. The Morgan fingerprint density at radius 2 is 1.52 bits per heavy atom. The fourth-order valence-electron chi connectivity index (χ4n) is 2.17. The fraction of sp³-hybridized carbons (Fsp3) is 0.222. The average Bonchev–Trinajstić information content (AvgIpc) is 2.64. The molecule has 132 valence electrons. The van der Waals surface area contributed by atoms with Gasteiger partial charge in [0.15, 0.2) is 11.5 Å². The van der Waals surface area contributed by atoms with Gasteiger partial charge >= 0.3 is 0 Å². The summed E-state index contributed by atoms with van der Waals surface area (Å²) in [5, 5.41) is 4.04. The van der Waals surface area contributed by atoms with E-state index in [0.29, 0.717) is 34.1 Å². The fourth-order valence-corrected chi connectivity index (χ4v) is 2.17. The molecule has 25 heavy (non-hydrogen) atoms. The zero-order chi connectivity index (χ0) is 18.4. The van der Waals surface area contributed by atoms with Gasteiger partial charge in [-0.2, -0.15) is 5.10 Å². The van der Waals surface area contributed by atoms with Crippen LogP contribution in [0.4, 0.5) is 4.39 Å². The number of hydrazone groups is 1. The van der Waals surface area contributed by atoms with E-state index >= 15 is 0 Å². The smallest absolute Gasteiger partial charge is 0.271 e. The summed E-state index contributed by atoms with van der Waals surface area (Å²) in [4.78, 5) is 12.3. The third kappa shape index (κ3) is 4.26. The lowest BCUT2D eigenvalue weighted by Crippen LogP contribution is -2.19. The zero-order valence-corrected chi connectivity index (χ0v) is 14.4. The van der Waals surface area contributed by atoms with Crippen LogP contribution < -0.4 is 19.6 Å². The number of methoxy groups -OCH3 is 3. The molecule has 0 fully saturated rings. The second-order valence-electron chi connectivity index (χ2n) is 5.06. The third-order valence-corrected chi connectivity index (χ3v) is 3.51. The number of nitrogens with one attached hydrogen (secondary N) is 1. The molecule has 0 radical (unpaired) electrons. The van der Waals surface area contributed by atoms with Gasteiger partial charge in [-0.3, -0.25) is 4.79 Å². The van der Waals surface area contributed by atoms with Crippen molar-refractivity contribution in [3.63, 3.8) is 0 Å². The summed E-state index contributed by atoms with van der Waals surface area (Å²) in [5.41, 5.74) is 3.99. The molecule has 0 heterocycles. The SMILES string of the molecule is COc1cc(C(=O)NN=C(C)c2ccc(F)cc2)cc(OC)c1OC. The van der Waals surface area contributed by atoms with E-state index < -0.39 is 5.91 Å². The summed E-state index contributed by atoms with van der Waals surface area (Å²) in [7, 11) is 4.42. The Morgan fingerprint density at radius 3 is 2.00 bits per heavy atom. The second-order valence-corrected chi connectivity index (χ2v) is 5.06. The van der Waals surface area contributed by atoms with Gasteiger partial charge < -0.3 is 14.2 Å². The van der Waals surface area contributed by atoms with Gasteiger partial charge in [0.05, 0.1) is 27.0 Å². The number of benzene rings is 2. The lowest BCUT2D eigenvalue weighted by Gasteiger charge is -2.13. The van der Waals surface area contributed by atoms with Crippen LogP contribution in [-0.4, -0.2) is 32.9 Å². The predicted molar refractivity (Wildman–Crippen MR) is 92.2 cm³/mol. The Balaban J connectivity index is 2.23. The Kier molecular flexibility index (Phi) is 5.94. The number of hydrogen-bond acceptors (Lipinski definition) is 5. The lowest BCUT2D eigenvalue weighted by atomic mass is 10.1. The number of ether oxygens (including phenoxy) is 3.